The molecule has 0 atom stereocenters. The van der Waals surface area contributed by atoms with Crippen molar-refractivity contribution in [3.8, 4) is 0 Å². The van der Waals surface area contributed by atoms with Gasteiger partial charge in [0.15, 0.2) is 9.84 Å². The Morgan fingerprint density at radius 1 is 1.28 bits per heavy atom. The van der Waals surface area contributed by atoms with Gasteiger partial charge >= 0.3 is 5.97 Å². The van der Waals surface area contributed by atoms with Gasteiger partial charge in [0.05, 0.1) is 22.8 Å². The minimum Gasteiger partial charge on any atom is -0.478 e. The van der Waals surface area contributed by atoms with E-state index in [2.05, 4.69) is 0 Å². The van der Waals surface area contributed by atoms with E-state index in [1.165, 1.54) is 23.1 Å². The molecule has 18 heavy (non-hydrogen) atoms. The van der Waals surface area contributed by atoms with Crippen LogP contribution < -0.4 is 4.90 Å². The van der Waals surface area contributed by atoms with Crippen LogP contribution in [0.3, 0.4) is 0 Å². The van der Waals surface area contributed by atoms with E-state index >= 15 is 0 Å². The Kier molecular flexibility index (Phi) is 3.25. The molecule has 1 aliphatic rings. The van der Waals surface area contributed by atoms with Crippen LogP contribution in [0.25, 0.3) is 0 Å². The molecule has 1 saturated heterocycles. The number of halogens is 1. The molecule has 0 unspecified atom stereocenters. The number of hydrogen-bond acceptors (Lipinski definition) is 4. The number of para-hydroxylation sites is 1. The number of rotatable bonds is 2. The highest BCUT2D eigenvalue weighted by Crippen LogP contribution is 2.26. The Hall–Kier alpha value is -1.63. The molecule has 5 nitrogen and oxygen atoms in total. The maximum atomic E-state index is 13.7. The third kappa shape index (κ3) is 2.45. The number of anilines is 1. The van der Waals surface area contributed by atoms with Gasteiger partial charge in [-0.05, 0) is 12.1 Å². The van der Waals surface area contributed by atoms with Crippen LogP contribution in [-0.2, 0) is 9.84 Å². The fourth-order valence-electron chi connectivity index (χ4n) is 1.95. The number of carbonyl (C=O) groups is 1. The quantitative estimate of drug-likeness (QED) is 0.861. The summed E-state index contributed by atoms with van der Waals surface area (Å²) in [6, 6.07) is 3.80. The van der Waals surface area contributed by atoms with Gasteiger partial charge in [-0.3, -0.25) is 0 Å². The van der Waals surface area contributed by atoms with Gasteiger partial charge in [0.2, 0.25) is 0 Å². The highest BCUT2D eigenvalue weighted by atomic mass is 32.2. The van der Waals surface area contributed by atoms with Gasteiger partial charge in [0, 0.05) is 13.1 Å². The fourth-order valence-corrected chi connectivity index (χ4v) is 3.15. The first-order valence-corrected chi connectivity index (χ1v) is 7.20. The van der Waals surface area contributed by atoms with Crippen LogP contribution in [0.2, 0.25) is 0 Å². The molecule has 1 fully saturated rings. The van der Waals surface area contributed by atoms with Gasteiger partial charge in [-0.25, -0.2) is 17.6 Å². The van der Waals surface area contributed by atoms with Gasteiger partial charge in [0.1, 0.15) is 5.82 Å². The molecule has 1 aromatic rings. The Balaban J connectivity index is 2.37. The second-order valence-electron chi connectivity index (χ2n) is 4.08. The SMILES string of the molecule is O=C(O)c1cccc(F)c1N1CCS(=O)(=O)CC1. The van der Waals surface area contributed by atoms with E-state index in [-0.39, 0.29) is 35.8 Å². The van der Waals surface area contributed by atoms with Crippen LogP contribution in [0.15, 0.2) is 18.2 Å². The van der Waals surface area contributed by atoms with Gasteiger partial charge < -0.3 is 10.0 Å². The zero-order chi connectivity index (χ0) is 13.3. The van der Waals surface area contributed by atoms with E-state index in [4.69, 9.17) is 5.11 Å². The molecule has 0 aliphatic carbocycles. The summed E-state index contributed by atoms with van der Waals surface area (Å²) in [5, 5.41) is 9.01. The van der Waals surface area contributed by atoms with Crippen molar-refractivity contribution in [3.63, 3.8) is 0 Å². The summed E-state index contributed by atoms with van der Waals surface area (Å²) in [5.74, 6) is -2.03. The first-order chi connectivity index (χ1) is 8.41. The van der Waals surface area contributed by atoms with Crippen LogP contribution >= 0.6 is 0 Å². The normalized spacial score (nSPS) is 18.6. The number of carboxylic acids is 1. The molecule has 0 radical (unpaired) electrons. The third-order valence-electron chi connectivity index (χ3n) is 2.88. The zero-order valence-electron chi connectivity index (χ0n) is 9.47. The highest BCUT2D eigenvalue weighted by molar-refractivity contribution is 7.91. The fraction of sp³-hybridized carbons (Fsp3) is 0.364. The minimum atomic E-state index is -3.08. The van der Waals surface area contributed by atoms with Gasteiger partial charge in [-0.15, -0.1) is 0 Å². The predicted molar refractivity (Wildman–Crippen MR) is 64.2 cm³/mol. The molecule has 1 heterocycles. The van der Waals surface area contributed by atoms with E-state index in [0.717, 1.165) is 0 Å². The molecule has 0 aromatic heterocycles. The number of aromatic carboxylic acids is 1. The zero-order valence-corrected chi connectivity index (χ0v) is 10.3. The molecule has 0 saturated carbocycles. The van der Waals surface area contributed by atoms with Crippen molar-refractivity contribution < 1.29 is 22.7 Å². The molecule has 7 heteroatoms. The molecular weight excluding hydrogens is 261 g/mol. The molecule has 0 bridgehead atoms. The van der Waals surface area contributed by atoms with Crippen LogP contribution in [0.5, 0.6) is 0 Å². The second-order valence-corrected chi connectivity index (χ2v) is 6.38. The maximum absolute atomic E-state index is 13.7. The van der Waals surface area contributed by atoms with Crippen molar-refractivity contribution in [2.24, 2.45) is 0 Å². The van der Waals surface area contributed by atoms with Crippen molar-refractivity contribution in [1.29, 1.82) is 0 Å². The molecule has 2 rings (SSSR count). The highest BCUT2D eigenvalue weighted by Gasteiger charge is 2.26. The maximum Gasteiger partial charge on any atom is 0.337 e. The topological polar surface area (TPSA) is 74.7 Å². The predicted octanol–water partition coefficient (Wildman–Crippen LogP) is 0.759. The first kappa shape index (κ1) is 12.8. The number of sulfone groups is 1. The molecule has 1 N–H and O–H groups in total. The lowest BCUT2D eigenvalue weighted by Gasteiger charge is -2.30. The van der Waals surface area contributed by atoms with Crippen LogP contribution in [0.1, 0.15) is 10.4 Å². The minimum absolute atomic E-state index is 0.0279. The molecule has 0 amide bonds. The first-order valence-electron chi connectivity index (χ1n) is 5.38. The summed E-state index contributed by atoms with van der Waals surface area (Å²) in [6.07, 6.45) is 0. The summed E-state index contributed by atoms with van der Waals surface area (Å²) >= 11 is 0. The molecular formula is C11H12FNO4S. The Morgan fingerprint density at radius 2 is 1.89 bits per heavy atom. The van der Waals surface area contributed by atoms with Crippen LogP contribution in [0, 0.1) is 5.82 Å². The smallest absolute Gasteiger partial charge is 0.337 e. The van der Waals surface area contributed by atoms with Crippen molar-refractivity contribution in [3.05, 3.63) is 29.6 Å². The number of carboxylic acid groups (broad SMARTS) is 1. The van der Waals surface area contributed by atoms with Crippen molar-refractivity contribution >= 4 is 21.5 Å². The summed E-state index contributed by atoms with van der Waals surface area (Å²) in [5.41, 5.74) is -0.172. The van der Waals surface area contributed by atoms with E-state index in [0.29, 0.717) is 0 Å². The summed E-state index contributed by atoms with van der Waals surface area (Å²) < 4.78 is 36.3. The largest absolute Gasteiger partial charge is 0.478 e. The van der Waals surface area contributed by atoms with Crippen molar-refractivity contribution in [2.75, 3.05) is 29.5 Å². The third-order valence-corrected chi connectivity index (χ3v) is 4.49. The number of benzene rings is 1. The average molecular weight is 273 g/mol. The summed E-state index contributed by atoms with van der Waals surface area (Å²) in [7, 11) is -3.08. The standard InChI is InChI=1S/C11H12FNO4S/c12-9-3-1-2-8(11(14)15)10(9)13-4-6-18(16,17)7-5-13/h1-3H,4-7H2,(H,14,15). The number of hydrogen-bond donors (Lipinski definition) is 1. The molecule has 0 spiro atoms. The van der Waals surface area contributed by atoms with Gasteiger partial charge in [-0.1, -0.05) is 6.07 Å². The van der Waals surface area contributed by atoms with Gasteiger partial charge in [-0.2, -0.15) is 0 Å². The monoisotopic (exact) mass is 273 g/mol. The van der Waals surface area contributed by atoms with E-state index in [1.54, 1.807) is 0 Å². The van der Waals surface area contributed by atoms with E-state index in [9.17, 15) is 17.6 Å². The Morgan fingerprint density at radius 3 is 2.44 bits per heavy atom. The van der Waals surface area contributed by atoms with Crippen molar-refractivity contribution in [2.45, 2.75) is 0 Å². The lowest BCUT2D eigenvalue weighted by atomic mass is 10.1. The molecule has 98 valence electrons. The second kappa shape index (κ2) is 4.56. The van der Waals surface area contributed by atoms with E-state index in [1.807, 2.05) is 0 Å². The number of nitrogens with zero attached hydrogens (tertiary/aromatic N) is 1. The Bertz CT molecular complexity index is 571. The lowest BCUT2D eigenvalue weighted by molar-refractivity contribution is 0.0697. The van der Waals surface area contributed by atoms with Crippen molar-refractivity contribution in [1.82, 2.24) is 0 Å². The average Bonchev–Trinajstić information content (AvgIpc) is 2.29. The molecule has 1 aliphatic heterocycles. The Labute approximate surface area is 104 Å². The van der Waals surface area contributed by atoms with Crippen LogP contribution in [-0.4, -0.2) is 44.1 Å². The van der Waals surface area contributed by atoms with E-state index < -0.39 is 21.6 Å². The summed E-state index contributed by atoms with van der Waals surface area (Å²) in [6.45, 7) is 0.229. The van der Waals surface area contributed by atoms with Crippen LogP contribution in [0.4, 0.5) is 10.1 Å². The summed E-state index contributed by atoms with van der Waals surface area (Å²) in [4.78, 5) is 12.5. The lowest BCUT2D eigenvalue weighted by Crippen LogP contribution is -2.41. The molecule has 1 aromatic carbocycles. The van der Waals surface area contributed by atoms with Gasteiger partial charge in [0.25, 0.3) is 0 Å².